The first-order valence-corrected chi connectivity index (χ1v) is 30.3. The van der Waals surface area contributed by atoms with E-state index in [1.54, 1.807) is 11.3 Å². The van der Waals surface area contributed by atoms with Gasteiger partial charge in [-0.3, -0.25) is 24.4 Å². The number of fused-ring (bicyclic) bond motifs is 6. The smallest absolute Gasteiger partial charge is 0.319 e. The number of aliphatic hydroxyl groups is 1. The van der Waals surface area contributed by atoms with E-state index in [0.717, 1.165) is 91.9 Å². The van der Waals surface area contributed by atoms with Crippen molar-refractivity contribution < 1.29 is 33.5 Å². The van der Waals surface area contributed by atoms with E-state index in [0.29, 0.717) is 101 Å². The molecule has 0 saturated carbocycles. The number of aromatic nitrogens is 5. The van der Waals surface area contributed by atoms with Crippen LogP contribution in [-0.2, 0) is 9.59 Å². The minimum atomic E-state index is -1.32. The maximum absolute atomic E-state index is 16.7. The van der Waals surface area contributed by atoms with Crippen LogP contribution in [0.3, 0.4) is 0 Å². The molecule has 6 aliphatic rings. The van der Waals surface area contributed by atoms with E-state index in [2.05, 4.69) is 53.4 Å². The maximum Gasteiger partial charge on any atom is 0.319 e. The number of aliphatic hydroxyl groups excluding tert-OH is 1. The van der Waals surface area contributed by atoms with Crippen LogP contribution in [-0.4, -0.2) is 170 Å². The monoisotopic (exact) mass is 1130 g/mol. The van der Waals surface area contributed by atoms with Gasteiger partial charge in [-0.2, -0.15) is 9.97 Å². The van der Waals surface area contributed by atoms with Gasteiger partial charge in [-0.05, 0) is 85.0 Å². The van der Waals surface area contributed by atoms with Crippen LogP contribution < -0.4 is 25.2 Å². The number of amides is 2. The molecular weight excluding hydrogens is 1060 g/mol. The molecular formula is C62H73FN12O6S. The maximum atomic E-state index is 16.7. The number of hydrogen-bond acceptors (Lipinski definition) is 17. The van der Waals surface area contributed by atoms with E-state index < -0.39 is 23.7 Å². The van der Waals surface area contributed by atoms with Gasteiger partial charge < -0.3 is 44.8 Å². The standard InChI is InChI=1S/C62H73FN12O6S/c1-35(2)52(60(79)75-32-45(77)27-49(75)59(78)66-37(4)39-9-11-40(12-10-39)57-38(5)65-34-82-57)50-28-51(70-81-50)73-21-19-72(20-22-73)33-62(63)15-17-71(18-16-62)23-24-80-61-68-56-48(58(69-61)74-30-42-13-14-43(31-74)67-42)29-64-55-47-26-44(76)25-41-7-6-8-46(54(41)47)36(3)53(55)56/h6-12,25-26,28-29,34-37,42-43,45,49,52,67,76-77H,13-24,27,30-33H2,1-5H3,(H,66,78)/t36?,37-,42?,43?,45+,49-,52+/m0/s1. The Hall–Kier alpha value is -6.84. The number of nitrogens with one attached hydrogen (secondary N) is 2. The number of β-amino-alcohol motifs (C(OH)–C–C–N with tert-alkyl or cyclic N) is 1. The summed E-state index contributed by atoms with van der Waals surface area (Å²) in [7, 11) is 0. The van der Waals surface area contributed by atoms with E-state index in [4.69, 9.17) is 24.2 Å². The highest BCUT2D eigenvalue weighted by Gasteiger charge is 2.44. The molecule has 5 aliphatic heterocycles. The van der Waals surface area contributed by atoms with Crippen molar-refractivity contribution in [3.05, 3.63) is 101 Å². The number of aryl methyl sites for hydroxylation is 1. The van der Waals surface area contributed by atoms with E-state index in [-0.39, 0.29) is 48.4 Å². The van der Waals surface area contributed by atoms with Crippen LogP contribution in [0.25, 0.3) is 43.4 Å². The lowest BCUT2D eigenvalue weighted by molar-refractivity contribution is -0.141. The molecule has 18 nitrogen and oxygen atoms in total. The highest BCUT2D eigenvalue weighted by atomic mass is 32.1. The van der Waals surface area contributed by atoms with Gasteiger partial charge in [0, 0.05) is 120 Å². The number of halogens is 1. The number of benzene rings is 3. The lowest BCUT2D eigenvalue weighted by Gasteiger charge is -2.41. The van der Waals surface area contributed by atoms with Gasteiger partial charge in [0.25, 0.3) is 0 Å². The minimum absolute atomic E-state index is 0.00991. The van der Waals surface area contributed by atoms with Crippen LogP contribution in [0.4, 0.5) is 16.0 Å². The van der Waals surface area contributed by atoms with E-state index in [1.165, 1.54) is 10.5 Å². The fourth-order valence-electron chi connectivity index (χ4n) is 13.9. The van der Waals surface area contributed by atoms with Gasteiger partial charge in [-0.15, -0.1) is 11.3 Å². The number of ether oxygens (including phenoxy) is 1. The number of phenolic OH excluding ortho intramolecular Hbond substituents is 1. The van der Waals surface area contributed by atoms with Crippen molar-refractivity contribution in [2.24, 2.45) is 5.92 Å². The van der Waals surface area contributed by atoms with E-state index >= 15 is 4.39 Å². The molecule has 4 N–H and O–H groups in total. The second kappa shape index (κ2) is 22.1. The summed E-state index contributed by atoms with van der Waals surface area (Å²) in [5, 5.41) is 35.9. The second-order valence-corrected chi connectivity index (χ2v) is 25.1. The van der Waals surface area contributed by atoms with Gasteiger partial charge in [0.1, 0.15) is 35.8 Å². The zero-order chi connectivity index (χ0) is 56.6. The summed E-state index contributed by atoms with van der Waals surface area (Å²) in [6.07, 6.45) is 4.33. The van der Waals surface area contributed by atoms with Crippen LogP contribution in [0.2, 0.25) is 0 Å². The lowest BCUT2D eigenvalue weighted by Crippen LogP contribution is -2.53. The predicted molar refractivity (Wildman–Crippen MR) is 314 cm³/mol. The first-order valence-electron chi connectivity index (χ1n) is 29.4. The normalized spacial score (nSPS) is 23.4. The average Bonchev–Trinajstić information content (AvgIpc) is 3.85. The summed E-state index contributed by atoms with van der Waals surface area (Å²) in [6, 6.07) is 19.7. The Morgan fingerprint density at radius 3 is 2.44 bits per heavy atom. The summed E-state index contributed by atoms with van der Waals surface area (Å²) in [6.45, 7) is 16.8. The number of carbonyl (C=O) groups excluding carboxylic acids is 2. The van der Waals surface area contributed by atoms with Gasteiger partial charge >= 0.3 is 6.01 Å². The zero-order valence-electron chi connectivity index (χ0n) is 47.4. The Labute approximate surface area is 481 Å². The molecule has 3 aromatic carbocycles. The van der Waals surface area contributed by atoms with Crippen molar-refractivity contribution in [1.82, 2.24) is 50.4 Å². The molecule has 7 atom stereocenters. The van der Waals surface area contributed by atoms with Crippen LogP contribution in [0.15, 0.2) is 76.9 Å². The Balaban J connectivity index is 0.611. The third-order valence-electron chi connectivity index (χ3n) is 18.4. The molecule has 7 aromatic rings. The molecule has 2 bridgehead atoms. The van der Waals surface area contributed by atoms with Gasteiger partial charge in [0.15, 0.2) is 11.6 Å². The Morgan fingerprint density at radius 1 is 0.939 bits per heavy atom. The first-order chi connectivity index (χ1) is 39.6. The number of alkyl halides is 1. The lowest BCUT2D eigenvalue weighted by atomic mass is 9.79. The summed E-state index contributed by atoms with van der Waals surface area (Å²) in [5.41, 5.74) is 8.20. The fraction of sp³-hybridized carbons (Fsp3) is 0.500. The average molecular weight is 1130 g/mol. The third-order valence-corrected chi connectivity index (χ3v) is 19.4. The number of rotatable bonds is 15. The number of hydrogen-bond donors (Lipinski definition) is 4. The molecule has 0 radical (unpaired) electrons. The highest BCUT2D eigenvalue weighted by Crippen LogP contribution is 2.49. The number of anilines is 2. The van der Waals surface area contributed by atoms with Crippen molar-refractivity contribution >= 4 is 56.5 Å². The minimum Gasteiger partial charge on any atom is -0.508 e. The van der Waals surface area contributed by atoms with Crippen LogP contribution in [0.1, 0.15) is 106 Å². The van der Waals surface area contributed by atoms with Crippen molar-refractivity contribution in [2.45, 2.75) is 114 Å². The van der Waals surface area contributed by atoms with Crippen molar-refractivity contribution in [1.29, 1.82) is 0 Å². The number of thiazole rings is 1. The molecule has 0 spiro atoms. The first kappa shape index (κ1) is 54.4. The quantitative estimate of drug-likeness (QED) is 0.0770. The second-order valence-electron chi connectivity index (χ2n) is 24.2. The molecule has 9 heterocycles. The molecule has 4 aromatic heterocycles. The van der Waals surface area contributed by atoms with Crippen molar-refractivity contribution in [3.63, 3.8) is 0 Å². The Kier molecular flexibility index (Phi) is 14.6. The summed E-state index contributed by atoms with van der Waals surface area (Å²) in [5.74, 6) is 0.563. The number of piperazine rings is 2. The number of likely N-dealkylation sites (tertiary alicyclic amines) is 2. The summed E-state index contributed by atoms with van der Waals surface area (Å²) >= 11 is 1.59. The number of aromatic hydroxyl groups is 1. The Morgan fingerprint density at radius 2 is 1.71 bits per heavy atom. The number of nitrogens with zero attached hydrogens (tertiary/aromatic N) is 10. The molecule has 5 saturated heterocycles. The van der Waals surface area contributed by atoms with Crippen LogP contribution in [0, 0.1) is 12.8 Å². The van der Waals surface area contributed by atoms with Gasteiger partial charge in [0.2, 0.25) is 11.8 Å². The SMILES string of the molecule is Cc1ncsc1-c1ccc([C@H](C)NC(=O)[C@@H]2C[C@@H](O)CN2C(=O)[C@@H](c2cc(N3CCN(CC4(F)CCN(CCOc5nc(N6CC7CCC(C6)N7)c6cnc7c(c6n5)C(C)c5cccc6cc(O)cc-7c56)CC4)CC3)no2)C(C)C)cc1. The van der Waals surface area contributed by atoms with Gasteiger partial charge in [0.05, 0.1) is 44.8 Å². The number of carbonyl (C=O) groups is 2. The molecule has 3 unspecified atom stereocenters. The van der Waals surface area contributed by atoms with Crippen LogP contribution in [0.5, 0.6) is 11.8 Å². The molecule has 20 heteroatoms. The number of piperidine rings is 1. The molecule has 2 amide bonds. The third kappa shape index (κ3) is 10.4. The Bertz CT molecular complexity index is 3510. The van der Waals surface area contributed by atoms with E-state index in [1.807, 2.05) is 94.0 Å². The zero-order valence-corrected chi connectivity index (χ0v) is 48.2. The van der Waals surface area contributed by atoms with Gasteiger partial charge in [-0.1, -0.05) is 68.4 Å². The molecule has 430 valence electrons. The summed E-state index contributed by atoms with van der Waals surface area (Å²) in [4.78, 5) is 59.6. The van der Waals surface area contributed by atoms with Gasteiger partial charge in [-0.25, -0.2) is 9.37 Å². The van der Waals surface area contributed by atoms with Crippen molar-refractivity contribution in [2.75, 3.05) is 88.4 Å². The number of pyridine rings is 1. The van der Waals surface area contributed by atoms with Crippen LogP contribution >= 0.6 is 11.3 Å². The highest BCUT2D eigenvalue weighted by molar-refractivity contribution is 7.13. The topological polar surface area (TPSA) is 202 Å². The largest absolute Gasteiger partial charge is 0.508 e. The molecule has 82 heavy (non-hydrogen) atoms. The van der Waals surface area contributed by atoms with Crippen molar-refractivity contribution in [3.8, 4) is 33.5 Å². The number of phenols is 1. The summed E-state index contributed by atoms with van der Waals surface area (Å²) < 4.78 is 29.2. The molecule has 5 fully saturated rings. The predicted octanol–water partition coefficient (Wildman–Crippen LogP) is 7.96. The molecule has 1 aliphatic carbocycles. The molecule has 13 rings (SSSR count). The van der Waals surface area contributed by atoms with E-state index in [9.17, 15) is 19.8 Å². The fourth-order valence-corrected chi connectivity index (χ4v) is 14.8.